The number of hydrogen-bond acceptors (Lipinski definition) is 4. The molecule has 1 aliphatic carbocycles. The van der Waals surface area contributed by atoms with Crippen molar-refractivity contribution in [2.75, 3.05) is 13.2 Å². The second kappa shape index (κ2) is 6.21. The highest BCUT2D eigenvalue weighted by molar-refractivity contribution is 5.75. The van der Waals surface area contributed by atoms with E-state index in [1.807, 2.05) is 0 Å². The van der Waals surface area contributed by atoms with Crippen LogP contribution in [-0.4, -0.2) is 38.5 Å². The van der Waals surface area contributed by atoms with E-state index < -0.39 is 0 Å². The first-order valence-electron chi connectivity index (χ1n) is 7.02. The number of hydrogen-bond donors (Lipinski definition) is 2. The fourth-order valence-corrected chi connectivity index (χ4v) is 2.88. The first-order valence-corrected chi connectivity index (χ1v) is 7.02. The molecule has 112 valence electrons. The Kier molecular flexibility index (Phi) is 4.59. The highest BCUT2D eigenvalue weighted by atomic mass is 16.3. The van der Waals surface area contributed by atoms with E-state index in [0.717, 1.165) is 36.8 Å². The van der Waals surface area contributed by atoms with E-state index in [-0.39, 0.29) is 30.2 Å². The van der Waals surface area contributed by atoms with Crippen LogP contribution in [0, 0.1) is 5.41 Å². The minimum Gasteiger partial charge on any atom is -0.396 e. The van der Waals surface area contributed by atoms with Crippen molar-refractivity contribution in [3.63, 3.8) is 0 Å². The van der Waals surface area contributed by atoms with E-state index in [4.69, 9.17) is 5.11 Å². The molecule has 0 unspecified atom stereocenters. The van der Waals surface area contributed by atoms with Gasteiger partial charge in [0.25, 0.3) is 0 Å². The van der Waals surface area contributed by atoms with Gasteiger partial charge in [-0.1, -0.05) is 12.8 Å². The molecule has 0 atom stereocenters. The number of aryl methyl sites for hydroxylation is 1. The van der Waals surface area contributed by atoms with Crippen molar-refractivity contribution in [1.29, 1.82) is 0 Å². The molecule has 0 spiro atoms. The van der Waals surface area contributed by atoms with E-state index in [1.54, 1.807) is 7.05 Å². The lowest BCUT2D eigenvalue weighted by molar-refractivity contribution is -0.122. The van der Waals surface area contributed by atoms with Crippen LogP contribution in [-0.2, 0) is 18.4 Å². The highest BCUT2D eigenvalue weighted by Crippen LogP contribution is 2.40. The third-order valence-electron chi connectivity index (χ3n) is 4.15. The van der Waals surface area contributed by atoms with Gasteiger partial charge in [-0.05, 0) is 24.7 Å². The van der Waals surface area contributed by atoms with Gasteiger partial charge in [0.2, 0.25) is 5.91 Å². The first-order chi connectivity index (χ1) is 9.56. The van der Waals surface area contributed by atoms with Gasteiger partial charge in [0.15, 0.2) is 0 Å². The maximum atomic E-state index is 11.9. The monoisotopic (exact) mass is 282 g/mol. The smallest absolute Gasteiger partial charge is 0.345 e. The molecule has 0 bridgehead atoms. The van der Waals surface area contributed by atoms with Crippen LogP contribution in [0.1, 0.15) is 32.1 Å². The normalized spacial score (nSPS) is 17.3. The zero-order valence-corrected chi connectivity index (χ0v) is 11.8. The van der Waals surface area contributed by atoms with Gasteiger partial charge in [0.1, 0.15) is 12.9 Å². The second-order valence-corrected chi connectivity index (χ2v) is 5.64. The Morgan fingerprint density at radius 3 is 2.75 bits per heavy atom. The number of amides is 1. The summed E-state index contributed by atoms with van der Waals surface area (Å²) in [6.07, 6.45) is 6.48. The van der Waals surface area contributed by atoms with Crippen LogP contribution in [0.5, 0.6) is 0 Å². The number of rotatable bonds is 6. The first kappa shape index (κ1) is 14.8. The largest absolute Gasteiger partial charge is 0.396 e. The molecule has 1 aromatic rings. The van der Waals surface area contributed by atoms with E-state index in [1.165, 1.54) is 10.9 Å². The molecule has 7 nitrogen and oxygen atoms in total. The van der Waals surface area contributed by atoms with Crippen LogP contribution in [0.4, 0.5) is 0 Å². The van der Waals surface area contributed by atoms with Crippen molar-refractivity contribution in [2.45, 2.75) is 38.6 Å². The molecular formula is C13H22N4O3. The van der Waals surface area contributed by atoms with Gasteiger partial charge in [-0.3, -0.25) is 9.36 Å². The van der Waals surface area contributed by atoms with Crippen LogP contribution in [0.15, 0.2) is 11.1 Å². The topological polar surface area (TPSA) is 89.2 Å². The number of aliphatic hydroxyl groups excluding tert-OH is 1. The van der Waals surface area contributed by atoms with Gasteiger partial charge in [0, 0.05) is 20.2 Å². The Morgan fingerprint density at radius 2 is 2.20 bits per heavy atom. The summed E-state index contributed by atoms with van der Waals surface area (Å²) in [6, 6.07) is 0. The van der Waals surface area contributed by atoms with Gasteiger partial charge < -0.3 is 10.4 Å². The van der Waals surface area contributed by atoms with Crippen LogP contribution < -0.4 is 11.0 Å². The predicted octanol–water partition coefficient (Wildman–Crippen LogP) is -0.359. The molecule has 20 heavy (non-hydrogen) atoms. The van der Waals surface area contributed by atoms with Gasteiger partial charge >= 0.3 is 5.69 Å². The standard InChI is InChI=1S/C13H22N4O3/c1-16-10-15-17(12(16)20)8-11(19)14-9-13(6-7-18)4-2-3-5-13/h10,18H,2-9H2,1H3,(H,14,19). The zero-order chi connectivity index (χ0) is 14.6. The quantitative estimate of drug-likeness (QED) is 0.746. The van der Waals surface area contributed by atoms with Crippen molar-refractivity contribution in [1.82, 2.24) is 19.7 Å². The van der Waals surface area contributed by atoms with Gasteiger partial charge in [-0.15, -0.1) is 0 Å². The fraction of sp³-hybridized carbons (Fsp3) is 0.769. The van der Waals surface area contributed by atoms with Crippen LogP contribution in [0.2, 0.25) is 0 Å². The summed E-state index contributed by atoms with van der Waals surface area (Å²) in [5.41, 5.74) is -0.273. The molecule has 0 aromatic carbocycles. The molecule has 0 saturated heterocycles. The van der Waals surface area contributed by atoms with Crippen LogP contribution in [0.25, 0.3) is 0 Å². The van der Waals surface area contributed by atoms with Crippen LogP contribution in [0.3, 0.4) is 0 Å². The fourth-order valence-electron chi connectivity index (χ4n) is 2.88. The minimum atomic E-state index is -0.300. The SMILES string of the molecule is Cn1cnn(CC(=O)NCC2(CCO)CCCC2)c1=O. The third-order valence-corrected chi connectivity index (χ3v) is 4.15. The van der Waals surface area contributed by atoms with E-state index >= 15 is 0 Å². The maximum Gasteiger partial charge on any atom is 0.345 e. The third kappa shape index (κ3) is 3.27. The van der Waals surface area contributed by atoms with Crippen molar-refractivity contribution in [3.05, 3.63) is 16.8 Å². The Hall–Kier alpha value is -1.63. The molecule has 7 heteroatoms. The van der Waals surface area contributed by atoms with Gasteiger partial charge in [0.05, 0.1) is 0 Å². The Bertz CT molecular complexity index is 514. The lowest BCUT2D eigenvalue weighted by Gasteiger charge is -2.28. The number of aliphatic hydroxyl groups is 1. The number of aromatic nitrogens is 3. The molecule has 1 aliphatic rings. The number of nitrogens with one attached hydrogen (secondary N) is 1. The summed E-state index contributed by atoms with van der Waals surface area (Å²) in [4.78, 5) is 23.5. The lowest BCUT2D eigenvalue weighted by atomic mass is 9.83. The van der Waals surface area contributed by atoms with Crippen LogP contribution >= 0.6 is 0 Å². The van der Waals surface area contributed by atoms with Crippen molar-refractivity contribution < 1.29 is 9.90 Å². The minimum absolute atomic E-state index is 0.0273. The van der Waals surface area contributed by atoms with Gasteiger partial charge in [-0.25, -0.2) is 9.48 Å². The molecule has 1 fully saturated rings. The average Bonchev–Trinajstić information content (AvgIpc) is 3.00. The number of carbonyl (C=O) groups excluding carboxylic acids is 1. The van der Waals surface area contributed by atoms with E-state index in [9.17, 15) is 9.59 Å². The van der Waals surface area contributed by atoms with E-state index in [0.29, 0.717) is 6.54 Å². The maximum absolute atomic E-state index is 11.9. The van der Waals surface area contributed by atoms with Crippen molar-refractivity contribution in [3.8, 4) is 0 Å². The summed E-state index contributed by atoms with van der Waals surface area (Å²) < 4.78 is 2.47. The summed E-state index contributed by atoms with van der Waals surface area (Å²) in [5.74, 6) is -0.213. The Morgan fingerprint density at radius 1 is 1.50 bits per heavy atom. The summed E-state index contributed by atoms with van der Waals surface area (Å²) in [5, 5.41) is 15.9. The van der Waals surface area contributed by atoms with Crippen molar-refractivity contribution >= 4 is 5.91 Å². The molecule has 1 amide bonds. The molecule has 2 N–H and O–H groups in total. The molecule has 1 aromatic heterocycles. The lowest BCUT2D eigenvalue weighted by Crippen LogP contribution is -2.39. The molecule has 1 saturated carbocycles. The molecule has 2 rings (SSSR count). The summed E-state index contributed by atoms with van der Waals surface area (Å²) in [7, 11) is 1.60. The molecule has 0 aliphatic heterocycles. The zero-order valence-electron chi connectivity index (χ0n) is 11.8. The Balaban J connectivity index is 1.88. The summed E-state index contributed by atoms with van der Waals surface area (Å²) in [6.45, 7) is 0.651. The molecular weight excluding hydrogens is 260 g/mol. The average molecular weight is 282 g/mol. The highest BCUT2D eigenvalue weighted by Gasteiger charge is 2.33. The molecule has 0 radical (unpaired) electrons. The van der Waals surface area contributed by atoms with Gasteiger partial charge in [-0.2, -0.15) is 5.10 Å². The van der Waals surface area contributed by atoms with Crippen molar-refractivity contribution in [2.24, 2.45) is 12.5 Å². The number of nitrogens with zero attached hydrogens (tertiary/aromatic N) is 3. The number of carbonyl (C=O) groups is 1. The van der Waals surface area contributed by atoms with E-state index in [2.05, 4.69) is 10.4 Å². The predicted molar refractivity (Wildman–Crippen MR) is 73.1 cm³/mol. The molecule has 1 heterocycles. The summed E-state index contributed by atoms with van der Waals surface area (Å²) >= 11 is 0. The Labute approximate surface area is 117 Å². The second-order valence-electron chi connectivity index (χ2n) is 5.64.